The van der Waals surface area contributed by atoms with Gasteiger partial charge in [0.1, 0.15) is 43.2 Å². The summed E-state index contributed by atoms with van der Waals surface area (Å²) >= 11 is 0. The van der Waals surface area contributed by atoms with Gasteiger partial charge in [-0.3, -0.25) is 18.6 Å². The molecule has 0 aromatic rings. The van der Waals surface area contributed by atoms with Crippen LogP contribution in [-0.4, -0.2) is 98.3 Å². The molecule has 1 saturated carbocycles. The van der Waals surface area contributed by atoms with Gasteiger partial charge in [-0.15, -0.1) is 0 Å². The highest BCUT2D eigenvalue weighted by Crippen LogP contribution is 2.47. The number of phosphoric acid groups is 1. The van der Waals surface area contributed by atoms with Crippen LogP contribution in [0, 0.1) is 0 Å². The smallest absolute Gasteiger partial charge is 0.462 e. The van der Waals surface area contributed by atoms with Crippen LogP contribution in [-0.2, 0) is 32.7 Å². The van der Waals surface area contributed by atoms with E-state index in [4.69, 9.17) is 18.5 Å². The van der Waals surface area contributed by atoms with Crippen LogP contribution in [0.3, 0.4) is 0 Å². The molecular formula is C51H91O13P. The predicted molar refractivity (Wildman–Crippen MR) is 258 cm³/mol. The van der Waals surface area contributed by atoms with Crippen molar-refractivity contribution < 1.29 is 63.1 Å². The highest BCUT2D eigenvalue weighted by atomic mass is 31.2. The molecule has 6 N–H and O–H groups in total. The Morgan fingerprint density at radius 3 is 1.31 bits per heavy atom. The van der Waals surface area contributed by atoms with Crippen molar-refractivity contribution in [1.29, 1.82) is 0 Å². The largest absolute Gasteiger partial charge is 0.472 e. The first-order chi connectivity index (χ1) is 31.4. The van der Waals surface area contributed by atoms with E-state index in [0.717, 1.165) is 51.4 Å². The summed E-state index contributed by atoms with van der Waals surface area (Å²) < 4.78 is 33.5. The topological polar surface area (TPSA) is 210 Å². The summed E-state index contributed by atoms with van der Waals surface area (Å²) in [6.45, 7) is 3.27. The Morgan fingerprint density at radius 2 is 0.846 bits per heavy atom. The zero-order valence-electron chi connectivity index (χ0n) is 40.3. The molecule has 1 aliphatic carbocycles. The average Bonchev–Trinajstić information content (AvgIpc) is 3.29. The fourth-order valence-electron chi connectivity index (χ4n) is 7.58. The lowest BCUT2D eigenvalue weighted by molar-refractivity contribution is -0.220. The van der Waals surface area contributed by atoms with Crippen molar-refractivity contribution in [1.82, 2.24) is 0 Å². The van der Waals surface area contributed by atoms with E-state index < -0.39 is 75.7 Å². The van der Waals surface area contributed by atoms with Crippen molar-refractivity contribution >= 4 is 19.8 Å². The highest BCUT2D eigenvalue weighted by molar-refractivity contribution is 7.47. The Kier molecular flexibility index (Phi) is 38.2. The fraction of sp³-hybridized carbons (Fsp3) is 0.804. The van der Waals surface area contributed by atoms with E-state index in [1.165, 1.54) is 109 Å². The molecular weight excluding hydrogens is 852 g/mol. The van der Waals surface area contributed by atoms with Gasteiger partial charge in [-0.1, -0.05) is 191 Å². The Labute approximate surface area is 392 Å². The number of hydrogen-bond acceptors (Lipinski definition) is 12. The molecule has 0 amide bonds. The molecule has 0 heterocycles. The molecule has 6 unspecified atom stereocenters. The van der Waals surface area contributed by atoms with Gasteiger partial charge in [0.15, 0.2) is 6.10 Å². The molecule has 378 valence electrons. The summed E-state index contributed by atoms with van der Waals surface area (Å²) in [4.78, 5) is 35.8. The number of ether oxygens (including phenoxy) is 2. The molecule has 0 radical (unpaired) electrons. The summed E-state index contributed by atoms with van der Waals surface area (Å²) in [7, 11) is -5.13. The predicted octanol–water partition coefficient (Wildman–Crippen LogP) is 10.7. The van der Waals surface area contributed by atoms with Crippen molar-refractivity contribution in [3.63, 3.8) is 0 Å². The number of carbonyl (C=O) groups excluding carboxylic acids is 2. The van der Waals surface area contributed by atoms with E-state index in [9.17, 15) is 44.6 Å². The van der Waals surface area contributed by atoms with Gasteiger partial charge in [-0.25, -0.2) is 4.57 Å². The zero-order chi connectivity index (χ0) is 47.8. The fourth-order valence-corrected chi connectivity index (χ4v) is 8.55. The van der Waals surface area contributed by atoms with Gasteiger partial charge in [0.2, 0.25) is 0 Å². The molecule has 13 nitrogen and oxygen atoms in total. The maximum Gasteiger partial charge on any atom is 0.472 e. The van der Waals surface area contributed by atoms with Crippen molar-refractivity contribution in [2.24, 2.45) is 0 Å². The molecule has 0 saturated heterocycles. The minimum atomic E-state index is -5.13. The number of phosphoric ester groups is 1. The monoisotopic (exact) mass is 943 g/mol. The van der Waals surface area contributed by atoms with E-state index in [2.05, 4.69) is 50.3 Å². The quantitative estimate of drug-likeness (QED) is 0.0146. The van der Waals surface area contributed by atoms with Crippen LogP contribution < -0.4 is 0 Å². The number of aliphatic hydroxyl groups excluding tert-OH is 5. The molecule has 0 aliphatic heterocycles. The van der Waals surface area contributed by atoms with Crippen LogP contribution in [0.5, 0.6) is 0 Å². The third-order valence-corrected chi connectivity index (χ3v) is 12.7. The van der Waals surface area contributed by atoms with E-state index in [0.29, 0.717) is 19.3 Å². The third kappa shape index (κ3) is 33.0. The zero-order valence-corrected chi connectivity index (χ0v) is 41.2. The molecule has 0 spiro atoms. The summed E-state index contributed by atoms with van der Waals surface area (Å²) in [5.41, 5.74) is 0. The van der Waals surface area contributed by atoms with Crippen LogP contribution in [0.2, 0.25) is 0 Å². The molecule has 1 fully saturated rings. The molecule has 14 heteroatoms. The SMILES string of the molecule is CCCCCCCCC/C=C/C/C=C/C/C=C/C/C=C/CCCC(=O)OC[C@@H](COP(=O)(O)OC1C(O)C(O)C(O)[C@H](O)C1O)OC(=O)CCCCCCCCCCCCCCCCC. The molecule has 0 aromatic heterocycles. The average molecular weight is 943 g/mol. The first-order valence-electron chi connectivity index (χ1n) is 25.4. The first-order valence-corrected chi connectivity index (χ1v) is 26.9. The van der Waals surface area contributed by atoms with E-state index >= 15 is 0 Å². The number of aliphatic hydroxyl groups is 5. The molecule has 8 atom stereocenters. The maximum absolute atomic E-state index is 12.8. The van der Waals surface area contributed by atoms with Crippen LogP contribution in [0.25, 0.3) is 0 Å². The maximum atomic E-state index is 12.8. The van der Waals surface area contributed by atoms with Crippen LogP contribution in [0.4, 0.5) is 0 Å². The molecule has 0 aromatic carbocycles. The number of unbranched alkanes of at least 4 members (excludes halogenated alkanes) is 22. The molecule has 1 aliphatic rings. The summed E-state index contributed by atoms with van der Waals surface area (Å²) in [5, 5.41) is 50.2. The number of allylic oxidation sites excluding steroid dienone is 8. The Hall–Kier alpha value is -2.19. The van der Waals surface area contributed by atoms with Crippen molar-refractivity contribution in [2.75, 3.05) is 13.2 Å². The summed E-state index contributed by atoms with van der Waals surface area (Å²) in [6, 6.07) is 0. The Balaban J connectivity index is 2.45. The lowest BCUT2D eigenvalue weighted by Crippen LogP contribution is -2.64. The van der Waals surface area contributed by atoms with E-state index in [1.54, 1.807) is 0 Å². The second-order valence-corrected chi connectivity index (χ2v) is 19.1. The van der Waals surface area contributed by atoms with Gasteiger partial charge in [0.05, 0.1) is 6.61 Å². The second-order valence-electron chi connectivity index (χ2n) is 17.7. The van der Waals surface area contributed by atoms with Crippen LogP contribution in [0.1, 0.15) is 206 Å². The summed E-state index contributed by atoms with van der Waals surface area (Å²) in [6.07, 6.45) is 36.0. The van der Waals surface area contributed by atoms with Crippen LogP contribution >= 0.6 is 7.82 Å². The first kappa shape index (κ1) is 60.8. The molecule has 1 rings (SSSR count). The van der Waals surface area contributed by atoms with Gasteiger partial charge in [0.25, 0.3) is 0 Å². The van der Waals surface area contributed by atoms with Gasteiger partial charge in [-0.05, 0) is 51.4 Å². The number of carbonyl (C=O) groups is 2. The number of hydrogen-bond donors (Lipinski definition) is 6. The van der Waals surface area contributed by atoms with Gasteiger partial charge < -0.3 is 39.9 Å². The lowest BCUT2D eigenvalue weighted by atomic mass is 9.85. The summed E-state index contributed by atoms with van der Waals surface area (Å²) in [5.74, 6) is -1.16. The minimum Gasteiger partial charge on any atom is -0.462 e. The number of rotatable bonds is 42. The van der Waals surface area contributed by atoms with Crippen molar-refractivity contribution in [2.45, 2.75) is 249 Å². The highest BCUT2D eigenvalue weighted by Gasteiger charge is 2.51. The van der Waals surface area contributed by atoms with Crippen LogP contribution in [0.15, 0.2) is 48.6 Å². The Bertz CT molecular complexity index is 1320. The standard InChI is InChI=1S/C51H91O13P/c1-3-5-7-9-11-13-15-17-19-20-21-22-23-24-26-27-29-31-33-35-37-39-44(52)61-41-43(42-62-65(59,60)64-51-49(57)47(55)46(54)48(56)50(51)58)63-45(53)40-38-36-34-32-30-28-25-18-16-14-12-10-8-6-4-2/h19-20,22-23,26-27,31,33,43,46-51,54-58H,3-18,21,24-25,28-30,32,34-42H2,1-2H3,(H,59,60)/b20-19+,23-22+,27-26+,33-31+/t43-,46?,47-,48?,49?,50?,51?/m0/s1. The third-order valence-electron chi connectivity index (χ3n) is 11.7. The lowest BCUT2D eigenvalue weighted by Gasteiger charge is -2.41. The van der Waals surface area contributed by atoms with Crippen molar-refractivity contribution in [3.05, 3.63) is 48.6 Å². The normalized spacial score (nSPS) is 21.8. The molecule has 0 bridgehead atoms. The van der Waals surface area contributed by atoms with E-state index in [-0.39, 0.29) is 12.8 Å². The number of esters is 2. The van der Waals surface area contributed by atoms with Gasteiger partial charge >= 0.3 is 19.8 Å². The second kappa shape index (κ2) is 40.8. The minimum absolute atomic E-state index is 0.0871. The Morgan fingerprint density at radius 1 is 0.477 bits per heavy atom. The van der Waals surface area contributed by atoms with Gasteiger partial charge in [-0.2, -0.15) is 0 Å². The van der Waals surface area contributed by atoms with E-state index in [1.807, 2.05) is 12.2 Å². The van der Waals surface area contributed by atoms with Gasteiger partial charge in [0, 0.05) is 12.8 Å². The van der Waals surface area contributed by atoms with Crippen molar-refractivity contribution in [3.8, 4) is 0 Å². The molecule has 65 heavy (non-hydrogen) atoms.